The van der Waals surface area contributed by atoms with Crippen molar-refractivity contribution in [3.63, 3.8) is 0 Å². The Hall–Kier alpha value is -2.84. The third-order valence-corrected chi connectivity index (χ3v) is 7.32. The molecule has 0 bridgehead atoms. The third kappa shape index (κ3) is 5.38. The van der Waals surface area contributed by atoms with Crippen LogP contribution in [0.15, 0.2) is 12.1 Å². The summed E-state index contributed by atoms with van der Waals surface area (Å²) in [5.74, 6) is 2.25. The molecule has 0 spiro atoms. The number of aromatic nitrogens is 3. The molecule has 190 valence electrons. The second-order valence-electron chi connectivity index (χ2n) is 11.2. The molecule has 3 aliphatic heterocycles. The molecule has 2 atom stereocenters. The predicted octanol–water partition coefficient (Wildman–Crippen LogP) is 3.91. The number of aromatic amines is 1. The van der Waals surface area contributed by atoms with E-state index in [1.807, 2.05) is 37.8 Å². The molecule has 1 N–H and O–H groups in total. The molecule has 9 heteroatoms. The first-order valence-electron chi connectivity index (χ1n) is 13.2. The number of amides is 2. The number of anilines is 1. The van der Waals surface area contributed by atoms with E-state index in [4.69, 9.17) is 14.7 Å². The molecule has 0 radical (unpaired) electrons. The van der Waals surface area contributed by atoms with Crippen LogP contribution in [-0.4, -0.2) is 81.6 Å². The van der Waals surface area contributed by atoms with E-state index in [0.29, 0.717) is 24.6 Å². The highest BCUT2D eigenvalue weighted by Crippen LogP contribution is 2.29. The molecule has 35 heavy (non-hydrogen) atoms. The first-order chi connectivity index (χ1) is 16.8. The Morgan fingerprint density at radius 1 is 0.943 bits per heavy atom. The fourth-order valence-corrected chi connectivity index (χ4v) is 5.55. The first kappa shape index (κ1) is 23.9. The number of H-pyrrole nitrogens is 1. The Morgan fingerprint density at radius 3 is 2.46 bits per heavy atom. The lowest BCUT2D eigenvalue weighted by Crippen LogP contribution is -2.44. The van der Waals surface area contributed by atoms with Crippen molar-refractivity contribution in [2.24, 2.45) is 5.92 Å². The summed E-state index contributed by atoms with van der Waals surface area (Å²) in [4.78, 5) is 44.7. The van der Waals surface area contributed by atoms with Gasteiger partial charge in [-0.3, -0.25) is 4.79 Å². The molecule has 3 saturated heterocycles. The average molecular weight is 483 g/mol. The van der Waals surface area contributed by atoms with Crippen molar-refractivity contribution in [3.05, 3.63) is 18.0 Å². The van der Waals surface area contributed by atoms with Gasteiger partial charge < -0.3 is 24.4 Å². The number of hydrogen-bond donors (Lipinski definition) is 1. The van der Waals surface area contributed by atoms with Crippen LogP contribution in [0, 0.1) is 5.92 Å². The van der Waals surface area contributed by atoms with Gasteiger partial charge in [-0.15, -0.1) is 0 Å². The fourth-order valence-electron chi connectivity index (χ4n) is 5.55. The van der Waals surface area contributed by atoms with Crippen LogP contribution < -0.4 is 4.90 Å². The highest BCUT2D eigenvalue weighted by atomic mass is 16.6. The van der Waals surface area contributed by atoms with Gasteiger partial charge in [0.25, 0.3) is 0 Å². The van der Waals surface area contributed by atoms with Gasteiger partial charge in [0.1, 0.15) is 17.2 Å². The average Bonchev–Trinajstić information content (AvgIpc) is 3.52. The van der Waals surface area contributed by atoms with Gasteiger partial charge in [-0.1, -0.05) is 0 Å². The quantitative estimate of drug-likeness (QED) is 0.713. The Kier molecular flexibility index (Phi) is 6.59. The van der Waals surface area contributed by atoms with Crippen molar-refractivity contribution in [3.8, 4) is 0 Å². The molecule has 5 rings (SSSR count). The summed E-state index contributed by atoms with van der Waals surface area (Å²) in [5.41, 5.74) is 1.09. The van der Waals surface area contributed by atoms with Crippen molar-refractivity contribution in [1.29, 1.82) is 0 Å². The number of piperidine rings is 2. The lowest BCUT2D eigenvalue weighted by molar-refractivity contribution is -0.134. The minimum absolute atomic E-state index is 0.0511. The van der Waals surface area contributed by atoms with Gasteiger partial charge in [0.15, 0.2) is 5.65 Å². The molecule has 1 unspecified atom stereocenters. The second-order valence-corrected chi connectivity index (χ2v) is 11.2. The van der Waals surface area contributed by atoms with E-state index in [2.05, 4.69) is 9.88 Å². The van der Waals surface area contributed by atoms with Crippen LogP contribution in [0.25, 0.3) is 11.2 Å². The summed E-state index contributed by atoms with van der Waals surface area (Å²) in [6.07, 6.45) is 5.83. The van der Waals surface area contributed by atoms with Crippen LogP contribution in [0.4, 0.5) is 10.6 Å². The Morgan fingerprint density at radius 2 is 1.69 bits per heavy atom. The zero-order valence-corrected chi connectivity index (χ0v) is 21.3. The number of pyridine rings is 1. The zero-order chi connectivity index (χ0) is 24.6. The molecule has 2 aromatic heterocycles. The molecular weight excluding hydrogens is 444 g/mol. The van der Waals surface area contributed by atoms with E-state index in [9.17, 15) is 9.59 Å². The van der Waals surface area contributed by atoms with Crippen molar-refractivity contribution in [1.82, 2.24) is 24.8 Å². The monoisotopic (exact) mass is 482 g/mol. The van der Waals surface area contributed by atoms with Gasteiger partial charge in [0, 0.05) is 45.2 Å². The molecule has 3 aliphatic rings. The van der Waals surface area contributed by atoms with Crippen LogP contribution in [-0.2, 0) is 9.53 Å². The molecule has 3 fully saturated rings. The van der Waals surface area contributed by atoms with Crippen molar-refractivity contribution in [2.75, 3.05) is 44.2 Å². The van der Waals surface area contributed by atoms with E-state index < -0.39 is 5.60 Å². The summed E-state index contributed by atoms with van der Waals surface area (Å²) in [6.45, 7) is 10.4. The van der Waals surface area contributed by atoms with Gasteiger partial charge >= 0.3 is 6.09 Å². The van der Waals surface area contributed by atoms with E-state index in [0.717, 1.165) is 81.9 Å². The Labute approximate surface area is 207 Å². The van der Waals surface area contributed by atoms with Gasteiger partial charge in [-0.25, -0.2) is 14.8 Å². The molecule has 2 aromatic rings. The highest BCUT2D eigenvalue weighted by molar-refractivity contribution is 5.80. The molecule has 0 saturated carbocycles. The largest absolute Gasteiger partial charge is 0.444 e. The molecular formula is C26H38N6O3. The maximum atomic E-state index is 12.9. The molecule has 9 nitrogen and oxygen atoms in total. The van der Waals surface area contributed by atoms with Crippen LogP contribution in [0.5, 0.6) is 0 Å². The van der Waals surface area contributed by atoms with Crippen LogP contribution in [0.3, 0.4) is 0 Å². The molecule has 0 aliphatic carbocycles. The smallest absolute Gasteiger partial charge is 0.410 e. The zero-order valence-electron chi connectivity index (χ0n) is 21.3. The first-order valence-corrected chi connectivity index (χ1v) is 13.2. The second kappa shape index (κ2) is 9.66. The summed E-state index contributed by atoms with van der Waals surface area (Å²) < 4.78 is 5.57. The molecule has 0 aromatic carbocycles. The number of imidazole rings is 1. The van der Waals surface area contributed by atoms with Crippen molar-refractivity contribution < 1.29 is 14.3 Å². The van der Waals surface area contributed by atoms with Crippen LogP contribution in [0.2, 0.25) is 0 Å². The Bertz CT molecular complexity index is 1070. The number of fused-ring (bicyclic) bond motifs is 1. The lowest BCUT2D eigenvalue weighted by Gasteiger charge is -2.34. The van der Waals surface area contributed by atoms with Crippen LogP contribution in [0.1, 0.15) is 71.0 Å². The third-order valence-electron chi connectivity index (χ3n) is 7.32. The van der Waals surface area contributed by atoms with Crippen molar-refractivity contribution >= 4 is 29.0 Å². The summed E-state index contributed by atoms with van der Waals surface area (Å²) in [5, 5.41) is 0. The van der Waals surface area contributed by atoms with Crippen LogP contribution >= 0.6 is 0 Å². The summed E-state index contributed by atoms with van der Waals surface area (Å²) in [7, 11) is 0. The fraction of sp³-hybridized carbons (Fsp3) is 0.692. The summed E-state index contributed by atoms with van der Waals surface area (Å²) in [6, 6.07) is 4.06. The van der Waals surface area contributed by atoms with Crippen molar-refractivity contribution in [2.45, 2.75) is 70.8 Å². The van der Waals surface area contributed by atoms with E-state index in [1.165, 1.54) is 0 Å². The lowest BCUT2D eigenvalue weighted by atomic mass is 9.96. The number of rotatable bonds is 3. The standard InChI is InChI=1S/C26H38N6O3/c1-26(2,3)35-25(34)32-15-6-8-18(16-32)22-27-20-10-11-21(28-23(20)29-22)31-14-7-9-19(17-31)24(33)30-12-4-5-13-30/h10-11,18-19H,4-9,12-17H2,1-3H3,(H,27,28,29)/t18-,19?/m1/s1. The maximum absolute atomic E-state index is 12.9. The normalized spacial score (nSPS) is 23.7. The van der Waals surface area contributed by atoms with Gasteiger partial charge in [0.2, 0.25) is 5.91 Å². The van der Waals surface area contributed by atoms with E-state index in [1.54, 1.807) is 4.90 Å². The molecule has 2 amide bonds. The number of nitrogens with zero attached hydrogens (tertiary/aromatic N) is 5. The van der Waals surface area contributed by atoms with Gasteiger partial charge in [-0.05, 0) is 71.4 Å². The number of carbonyl (C=O) groups excluding carboxylic acids is 2. The minimum atomic E-state index is -0.504. The number of carbonyl (C=O) groups is 2. The topological polar surface area (TPSA) is 94.7 Å². The minimum Gasteiger partial charge on any atom is -0.444 e. The summed E-state index contributed by atoms with van der Waals surface area (Å²) >= 11 is 0. The SMILES string of the molecule is CC(C)(C)OC(=O)N1CCC[C@@H](c2nc3nc(N4CCCC(C(=O)N5CCCC5)C4)ccc3[nH]2)C1. The van der Waals surface area contributed by atoms with E-state index >= 15 is 0 Å². The van der Waals surface area contributed by atoms with E-state index in [-0.39, 0.29) is 17.9 Å². The highest BCUT2D eigenvalue weighted by Gasteiger charge is 2.32. The number of hydrogen-bond acceptors (Lipinski definition) is 6. The number of nitrogens with one attached hydrogen (secondary N) is 1. The van der Waals surface area contributed by atoms with Gasteiger partial charge in [0.05, 0.1) is 11.4 Å². The Balaban J connectivity index is 1.27. The number of ether oxygens (including phenoxy) is 1. The van der Waals surface area contributed by atoms with Gasteiger partial charge in [-0.2, -0.15) is 0 Å². The number of likely N-dealkylation sites (tertiary alicyclic amines) is 2. The predicted molar refractivity (Wildman–Crippen MR) is 134 cm³/mol. The maximum Gasteiger partial charge on any atom is 0.410 e. The molecule has 5 heterocycles.